The highest BCUT2D eigenvalue weighted by Gasteiger charge is 2.26. The van der Waals surface area contributed by atoms with Crippen LogP contribution in [0.25, 0.3) is 0 Å². The number of rotatable bonds is 12. The first-order valence-corrected chi connectivity index (χ1v) is 12.0. The molecular weight excluding hydrogens is 460 g/mol. The van der Waals surface area contributed by atoms with Crippen LogP contribution in [0.15, 0.2) is 53.3 Å². The smallest absolute Gasteiger partial charge is 0.275 e. The molecule has 0 spiro atoms. The number of aliphatic hydroxyl groups excluding tert-OH is 1. The van der Waals surface area contributed by atoms with Crippen LogP contribution >= 0.6 is 0 Å². The third kappa shape index (κ3) is 7.14. The Bertz CT molecular complexity index is 1200. The topological polar surface area (TPSA) is 126 Å². The predicted octanol–water partition coefficient (Wildman–Crippen LogP) is 2.97. The number of carbonyl (C=O) groups is 1. The minimum atomic E-state index is -0.818. The van der Waals surface area contributed by atoms with Crippen LogP contribution in [-0.2, 0) is 17.6 Å². The number of aromatic nitrogens is 3. The van der Waals surface area contributed by atoms with E-state index in [1.165, 1.54) is 5.56 Å². The molecule has 0 radical (unpaired) electrons. The summed E-state index contributed by atoms with van der Waals surface area (Å²) in [5, 5.41) is 21.2. The summed E-state index contributed by atoms with van der Waals surface area (Å²) in [5.41, 5.74) is 1.73. The van der Waals surface area contributed by atoms with Crippen LogP contribution in [0.3, 0.4) is 0 Å². The minimum Gasteiger partial charge on any atom is -0.493 e. The van der Waals surface area contributed by atoms with Crippen LogP contribution in [-0.4, -0.2) is 46.5 Å². The fraction of sp³-hybridized carbons (Fsp3) is 0.407. The Morgan fingerprint density at radius 2 is 1.75 bits per heavy atom. The van der Waals surface area contributed by atoms with Crippen LogP contribution in [0.5, 0.6) is 11.5 Å². The lowest BCUT2D eigenvalue weighted by Gasteiger charge is -2.22. The molecule has 36 heavy (non-hydrogen) atoms. The fourth-order valence-corrected chi connectivity index (χ4v) is 4.08. The van der Waals surface area contributed by atoms with Gasteiger partial charge in [0.2, 0.25) is 5.91 Å². The van der Waals surface area contributed by atoms with Crippen molar-refractivity contribution >= 4 is 5.91 Å². The molecular formula is C27H34N4O5. The molecule has 0 saturated heterocycles. The van der Waals surface area contributed by atoms with E-state index in [0.717, 1.165) is 18.4 Å². The van der Waals surface area contributed by atoms with Gasteiger partial charge < -0.3 is 24.9 Å². The average Bonchev–Trinajstić information content (AvgIpc) is 2.86. The van der Waals surface area contributed by atoms with Crippen molar-refractivity contribution in [3.63, 3.8) is 0 Å². The third-order valence-corrected chi connectivity index (χ3v) is 6.10. The van der Waals surface area contributed by atoms with Crippen LogP contribution < -0.4 is 20.3 Å². The van der Waals surface area contributed by atoms with E-state index in [1.807, 2.05) is 42.5 Å². The number of methoxy groups -OCH3 is 2. The van der Waals surface area contributed by atoms with E-state index in [1.54, 1.807) is 34.1 Å². The molecule has 3 unspecified atom stereocenters. The van der Waals surface area contributed by atoms with Gasteiger partial charge in [0.25, 0.3) is 5.56 Å². The maximum absolute atomic E-state index is 12.9. The Balaban J connectivity index is 1.62. The summed E-state index contributed by atoms with van der Waals surface area (Å²) in [6, 6.07) is 14.8. The van der Waals surface area contributed by atoms with E-state index in [2.05, 4.69) is 20.5 Å². The number of amides is 1. The molecule has 0 saturated carbocycles. The van der Waals surface area contributed by atoms with Crippen molar-refractivity contribution in [2.45, 2.75) is 51.7 Å². The summed E-state index contributed by atoms with van der Waals surface area (Å²) in [5.74, 6) is 0.664. The van der Waals surface area contributed by atoms with Gasteiger partial charge in [-0.15, -0.1) is 10.2 Å². The highest BCUT2D eigenvalue weighted by Crippen LogP contribution is 2.28. The zero-order valence-electron chi connectivity index (χ0n) is 21.2. The quantitative estimate of drug-likeness (QED) is 0.353. The third-order valence-electron chi connectivity index (χ3n) is 6.10. The number of aromatic amines is 1. The highest BCUT2D eigenvalue weighted by atomic mass is 16.5. The Labute approximate surface area is 210 Å². The molecule has 0 fully saturated rings. The van der Waals surface area contributed by atoms with Gasteiger partial charge in [-0.05, 0) is 56.4 Å². The number of nitrogens with one attached hydrogen (secondary N) is 2. The van der Waals surface area contributed by atoms with Gasteiger partial charge in [0.1, 0.15) is 11.5 Å². The van der Waals surface area contributed by atoms with E-state index in [4.69, 9.17) is 9.47 Å². The Morgan fingerprint density at radius 3 is 2.39 bits per heavy atom. The number of hydrogen-bond donors (Lipinski definition) is 3. The highest BCUT2D eigenvalue weighted by molar-refractivity contribution is 5.79. The van der Waals surface area contributed by atoms with E-state index >= 15 is 0 Å². The number of hydrogen-bond acceptors (Lipinski definition) is 7. The van der Waals surface area contributed by atoms with Crippen molar-refractivity contribution in [2.75, 3.05) is 14.2 Å². The van der Waals surface area contributed by atoms with Crippen molar-refractivity contribution < 1.29 is 19.4 Å². The molecule has 9 heteroatoms. The van der Waals surface area contributed by atoms with Crippen LogP contribution in [0.4, 0.5) is 0 Å². The first-order chi connectivity index (χ1) is 17.3. The van der Waals surface area contributed by atoms with Crippen LogP contribution in [0.2, 0.25) is 0 Å². The van der Waals surface area contributed by atoms with Gasteiger partial charge in [0, 0.05) is 6.42 Å². The second kappa shape index (κ2) is 12.8. The van der Waals surface area contributed by atoms with Gasteiger partial charge >= 0.3 is 0 Å². The van der Waals surface area contributed by atoms with E-state index in [0.29, 0.717) is 30.2 Å². The molecule has 9 nitrogen and oxygen atoms in total. The minimum absolute atomic E-state index is 0.105. The first kappa shape index (κ1) is 26.9. The van der Waals surface area contributed by atoms with E-state index < -0.39 is 23.6 Å². The molecule has 0 aliphatic rings. The largest absolute Gasteiger partial charge is 0.493 e. The molecule has 3 N–H and O–H groups in total. The van der Waals surface area contributed by atoms with Crippen molar-refractivity contribution in [2.24, 2.45) is 5.92 Å². The number of aliphatic hydroxyl groups is 1. The van der Waals surface area contributed by atoms with Gasteiger partial charge in [0.15, 0.2) is 11.5 Å². The van der Waals surface area contributed by atoms with E-state index in [9.17, 15) is 14.7 Å². The normalized spacial score (nSPS) is 13.5. The maximum atomic E-state index is 12.9. The van der Waals surface area contributed by atoms with Crippen molar-refractivity contribution in [3.05, 3.63) is 81.5 Å². The number of carbonyl (C=O) groups excluding carboxylic acids is 1. The standard InChI is InChI=1S/C27H34N4O5/c1-17(28-26(33)21(18(2)32)12-8-11-19-9-6-5-7-10-19)25-27(34)29-24(30-31-25)16-20-13-14-22(35-3)23(15-20)36-4/h5-7,9-10,13-15,17-18,21,32H,8,11-12,16H2,1-4H3,(H,28,33)(H,29,30,34). The summed E-state index contributed by atoms with van der Waals surface area (Å²) < 4.78 is 10.6. The van der Waals surface area contributed by atoms with Gasteiger partial charge in [-0.25, -0.2) is 0 Å². The van der Waals surface area contributed by atoms with Gasteiger partial charge in [0.05, 0.1) is 32.3 Å². The van der Waals surface area contributed by atoms with Gasteiger partial charge in [-0.3, -0.25) is 9.59 Å². The maximum Gasteiger partial charge on any atom is 0.275 e. The van der Waals surface area contributed by atoms with Crippen LogP contribution in [0, 0.1) is 5.92 Å². The molecule has 0 aliphatic heterocycles. The molecule has 1 heterocycles. The fourth-order valence-electron chi connectivity index (χ4n) is 4.08. The number of nitrogens with zero attached hydrogens (tertiary/aromatic N) is 2. The molecule has 3 aromatic rings. The lowest BCUT2D eigenvalue weighted by Crippen LogP contribution is -2.40. The monoisotopic (exact) mass is 494 g/mol. The van der Waals surface area contributed by atoms with Crippen LogP contribution in [0.1, 0.15) is 55.4 Å². The molecule has 3 atom stereocenters. The van der Waals surface area contributed by atoms with Crippen molar-refractivity contribution in [3.8, 4) is 11.5 Å². The zero-order valence-corrected chi connectivity index (χ0v) is 21.2. The van der Waals surface area contributed by atoms with Crippen molar-refractivity contribution in [1.82, 2.24) is 20.5 Å². The molecule has 2 aromatic carbocycles. The summed E-state index contributed by atoms with van der Waals surface area (Å²) in [6.45, 7) is 3.28. The summed E-state index contributed by atoms with van der Waals surface area (Å²) >= 11 is 0. The number of H-pyrrole nitrogens is 1. The van der Waals surface area contributed by atoms with Crippen molar-refractivity contribution in [1.29, 1.82) is 0 Å². The number of aryl methyl sites for hydroxylation is 1. The Kier molecular flexibility index (Phi) is 9.58. The molecule has 1 aromatic heterocycles. The predicted molar refractivity (Wildman–Crippen MR) is 136 cm³/mol. The number of ether oxygens (including phenoxy) is 2. The molecule has 0 bridgehead atoms. The summed E-state index contributed by atoms with van der Waals surface area (Å²) in [7, 11) is 3.12. The Hall–Kier alpha value is -3.72. The van der Waals surface area contributed by atoms with E-state index in [-0.39, 0.29) is 11.6 Å². The lowest BCUT2D eigenvalue weighted by molar-refractivity contribution is -0.129. The molecule has 192 valence electrons. The summed E-state index contributed by atoms with van der Waals surface area (Å²) in [6.07, 6.45) is 1.62. The lowest BCUT2D eigenvalue weighted by atomic mass is 9.94. The molecule has 1 amide bonds. The second-order valence-corrected chi connectivity index (χ2v) is 8.81. The average molecular weight is 495 g/mol. The SMILES string of the molecule is COc1ccc(Cc2nnc(C(C)NC(=O)C(CCCc3ccccc3)C(C)O)c(=O)[nH]2)cc1OC. The van der Waals surface area contributed by atoms with Gasteiger partial charge in [-0.1, -0.05) is 36.4 Å². The molecule has 0 aliphatic carbocycles. The zero-order chi connectivity index (χ0) is 26.1. The Morgan fingerprint density at radius 1 is 1.03 bits per heavy atom. The van der Waals surface area contributed by atoms with Gasteiger partial charge in [-0.2, -0.15) is 0 Å². The second-order valence-electron chi connectivity index (χ2n) is 8.81. The first-order valence-electron chi connectivity index (χ1n) is 12.0. The summed E-state index contributed by atoms with van der Waals surface area (Å²) in [4.78, 5) is 28.3. The molecule has 3 rings (SSSR count). The number of benzene rings is 2.